The number of fused-ring (bicyclic) bond motifs is 1. The van der Waals surface area contributed by atoms with E-state index in [1.807, 2.05) is 30.3 Å². The van der Waals surface area contributed by atoms with Crippen LogP contribution in [-0.4, -0.2) is 29.5 Å². The number of benzene rings is 2. The molecule has 27 heavy (non-hydrogen) atoms. The number of hydrogen-bond acceptors (Lipinski definition) is 4. The zero-order valence-electron chi connectivity index (χ0n) is 14.6. The van der Waals surface area contributed by atoms with Crippen molar-refractivity contribution in [2.24, 2.45) is 0 Å². The maximum absolute atomic E-state index is 12.7. The number of pyridine rings is 1. The van der Waals surface area contributed by atoms with Crippen molar-refractivity contribution in [1.29, 1.82) is 0 Å². The van der Waals surface area contributed by atoms with Gasteiger partial charge in [0.2, 0.25) is 0 Å². The number of anilines is 2. The second-order valence-electron chi connectivity index (χ2n) is 6.40. The van der Waals surface area contributed by atoms with Gasteiger partial charge in [0.1, 0.15) is 6.10 Å². The monoisotopic (exact) mass is 361 g/mol. The molecule has 1 fully saturated rings. The Bertz CT molecular complexity index is 991. The normalized spacial score (nSPS) is 16.2. The summed E-state index contributed by atoms with van der Waals surface area (Å²) in [5.41, 5.74) is 2.54. The minimum absolute atomic E-state index is 0.176. The number of aromatic nitrogens is 1. The molecule has 2 N–H and O–H groups in total. The lowest BCUT2D eigenvalue weighted by Gasteiger charge is -2.12. The number of carbonyl (C=O) groups is 2. The Morgan fingerprint density at radius 1 is 1.04 bits per heavy atom. The van der Waals surface area contributed by atoms with E-state index in [4.69, 9.17) is 4.74 Å². The summed E-state index contributed by atoms with van der Waals surface area (Å²) in [5.74, 6) is -0.426. The number of hydrogen-bond donors (Lipinski definition) is 2. The third kappa shape index (κ3) is 3.80. The van der Waals surface area contributed by atoms with Gasteiger partial charge in [-0.3, -0.25) is 14.6 Å². The van der Waals surface area contributed by atoms with Crippen LogP contribution in [0.15, 0.2) is 60.8 Å². The van der Waals surface area contributed by atoms with E-state index < -0.39 is 6.10 Å². The van der Waals surface area contributed by atoms with Crippen LogP contribution >= 0.6 is 0 Å². The summed E-state index contributed by atoms with van der Waals surface area (Å²) in [6, 6.07) is 16.2. The second kappa shape index (κ2) is 7.55. The minimum Gasteiger partial charge on any atom is -0.368 e. The molecule has 0 bridgehead atoms. The summed E-state index contributed by atoms with van der Waals surface area (Å²) < 4.78 is 5.39. The van der Waals surface area contributed by atoms with Crippen molar-refractivity contribution in [3.8, 4) is 0 Å². The third-order valence-corrected chi connectivity index (χ3v) is 4.51. The Morgan fingerprint density at radius 2 is 1.93 bits per heavy atom. The van der Waals surface area contributed by atoms with Gasteiger partial charge < -0.3 is 15.4 Å². The van der Waals surface area contributed by atoms with Crippen LogP contribution in [0, 0.1) is 0 Å². The summed E-state index contributed by atoms with van der Waals surface area (Å²) in [6.45, 7) is 0.612. The predicted molar refractivity (Wildman–Crippen MR) is 104 cm³/mol. The third-order valence-electron chi connectivity index (χ3n) is 4.51. The molecule has 1 aliphatic rings. The van der Waals surface area contributed by atoms with Gasteiger partial charge in [-0.05, 0) is 55.3 Å². The van der Waals surface area contributed by atoms with E-state index in [0.29, 0.717) is 23.5 Å². The van der Waals surface area contributed by atoms with E-state index in [0.717, 1.165) is 23.7 Å². The molecule has 136 valence electrons. The van der Waals surface area contributed by atoms with Crippen molar-refractivity contribution < 1.29 is 14.3 Å². The molecule has 1 aromatic heterocycles. The molecule has 0 radical (unpaired) electrons. The zero-order valence-corrected chi connectivity index (χ0v) is 14.6. The molecule has 2 aromatic carbocycles. The Morgan fingerprint density at radius 3 is 2.78 bits per heavy atom. The summed E-state index contributed by atoms with van der Waals surface area (Å²) >= 11 is 0. The topological polar surface area (TPSA) is 80.3 Å². The van der Waals surface area contributed by atoms with Crippen molar-refractivity contribution in [2.75, 3.05) is 17.2 Å². The van der Waals surface area contributed by atoms with Gasteiger partial charge >= 0.3 is 0 Å². The molecule has 2 amide bonds. The summed E-state index contributed by atoms with van der Waals surface area (Å²) in [5, 5.41) is 6.61. The maximum atomic E-state index is 12.7. The van der Waals surface area contributed by atoms with Gasteiger partial charge in [0, 0.05) is 29.4 Å². The van der Waals surface area contributed by atoms with E-state index in [2.05, 4.69) is 15.6 Å². The number of nitrogens with zero attached hydrogens (tertiary/aromatic N) is 1. The Labute approximate surface area is 156 Å². The number of nitrogens with one attached hydrogen (secondary N) is 2. The molecule has 0 spiro atoms. The van der Waals surface area contributed by atoms with Crippen molar-refractivity contribution in [2.45, 2.75) is 18.9 Å². The number of rotatable bonds is 4. The highest BCUT2D eigenvalue weighted by molar-refractivity contribution is 6.09. The van der Waals surface area contributed by atoms with Crippen LogP contribution in [0.1, 0.15) is 23.2 Å². The van der Waals surface area contributed by atoms with E-state index >= 15 is 0 Å². The van der Waals surface area contributed by atoms with Crippen LogP contribution in [-0.2, 0) is 9.53 Å². The van der Waals surface area contributed by atoms with Crippen molar-refractivity contribution in [3.63, 3.8) is 0 Å². The molecule has 4 rings (SSSR count). The van der Waals surface area contributed by atoms with E-state index in [-0.39, 0.29) is 11.8 Å². The van der Waals surface area contributed by atoms with Crippen LogP contribution in [0.2, 0.25) is 0 Å². The molecule has 2 heterocycles. The van der Waals surface area contributed by atoms with Crippen LogP contribution in [0.25, 0.3) is 10.9 Å². The molecule has 3 aromatic rings. The van der Waals surface area contributed by atoms with Gasteiger partial charge in [0.05, 0.1) is 11.2 Å². The molecule has 0 aliphatic carbocycles. The highest BCUT2D eigenvalue weighted by Gasteiger charge is 2.23. The predicted octanol–water partition coefficient (Wildman–Crippen LogP) is 3.60. The molecule has 0 saturated carbocycles. The average Bonchev–Trinajstić information content (AvgIpc) is 3.23. The fraction of sp³-hybridized carbons (Fsp3) is 0.190. The summed E-state index contributed by atoms with van der Waals surface area (Å²) in [6.07, 6.45) is 2.92. The SMILES string of the molecule is O=C(Nc1cccc2ncccc12)c1cccc(NC(=O)[C@@H]2CCCO2)c1. The zero-order chi connectivity index (χ0) is 18.6. The lowest BCUT2D eigenvalue weighted by molar-refractivity contribution is -0.124. The maximum Gasteiger partial charge on any atom is 0.255 e. The van der Waals surface area contributed by atoms with E-state index in [9.17, 15) is 9.59 Å². The van der Waals surface area contributed by atoms with Crippen molar-refractivity contribution >= 4 is 34.1 Å². The molecule has 1 atom stereocenters. The fourth-order valence-corrected chi connectivity index (χ4v) is 3.15. The molecular weight excluding hydrogens is 342 g/mol. The molecule has 6 heteroatoms. The molecule has 0 unspecified atom stereocenters. The highest BCUT2D eigenvalue weighted by atomic mass is 16.5. The lowest BCUT2D eigenvalue weighted by atomic mass is 10.1. The molecule has 1 saturated heterocycles. The van der Waals surface area contributed by atoms with Gasteiger partial charge in [0.15, 0.2) is 0 Å². The Kier molecular flexibility index (Phi) is 4.80. The first kappa shape index (κ1) is 17.2. The Hall–Kier alpha value is -3.25. The van der Waals surface area contributed by atoms with Crippen LogP contribution in [0.3, 0.4) is 0 Å². The van der Waals surface area contributed by atoms with Crippen LogP contribution < -0.4 is 10.6 Å². The number of amides is 2. The number of ether oxygens (including phenoxy) is 1. The smallest absolute Gasteiger partial charge is 0.255 e. The van der Waals surface area contributed by atoms with E-state index in [1.54, 1.807) is 30.5 Å². The highest BCUT2D eigenvalue weighted by Crippen LogP contribution is 2.22. The van der Waals surface area contributed by atoms with Gasteiger partial charge in [-0.2, -0.15) is 0 Å². The summed E-state index contributed by atoms with van der Waals surface area (Å²) in [7, 11) is 0. The first-order valence-corrected chi connectivity index (χ1v) is 8.88. The van der Waals surface area contributed by atoms with Crippen molar-refractivity contribution in [3.05, 3.63) is 66.4 Å². The van der Waals surface area contributed by atoms with Crippen LogP contribution in [0.4, 0.5) is 11.4 Å². The molecular formula is C21H19N3O3. The van der Waals surface area contributed by atoms with Crippen LogP contribution in [0.5, 0.6) is 0 Å². The average molecular weight is 361 g/mol. The fourth-order valence-electron chi connectivity index (χ4n) is 3.15. The van der Waals surface area contributed by atoms with Crippen molar-refractivity contribution in [1.82, 2.24) is 4.98 Å². The standard InChI is InChI=1S/C21H19N3O3/c25-20(24-18-9-2-8-17-16(18)7-3-11-22-17)14-5-1-6-15(13-14)23-21(26)19-10-4-12-27-19/h1-3,5-9,11,13,19H,4,10,12H2,(H,23,26)(H,24,25)/t19-/m0/s1. The van der Waals surface area contributed by atoms with E-state index in [1.165, 1.54) is 0 Å². The van der Waals surface area contributed by atoms with Gasteiger partial charge in [-0.15, -0.1) is 0 Å². The van der Waals surface area contributed by atoms with Gasteiger partial charge in [0.25, 0.3) is 11.8 Å². The Balaban J connectivity index is 1.51. The molecule has 1 aliphatic heterocycles. The van der Waals surface area contributed by atoms with Gasteiger partial charge in [-0.25, -0.2) is 0 Å². The minimum atomic E-state index is -0.411. The lowest BCUT2D eigenvalue weighted by Crippen LogP contribution is -2.27. The summed E-state index contributed by atoms with van der Waals surface area (Å²) in [4.78, 5) is 29.2. The number of carbonyl (C=O) groups excluding carboxylic acids is 2. The first-order chi connectivity index (χ1) is 13.2. The second-order valence-corrected chi connectivity index (χ2v) is 6.40. The quantitative estimate of drug-likeness (QED) is 0.744. The molecule has 6 nitrogen and oxygen atoms in total. The first-order valence-electron chi connectivity index (χ1n) is 8.88. The van der Waals surface area contributed by atoms with Gasteiger partial charge in [-0.1, -0.05) is 12.1 Å². The largest absolute Gasteiger partial charge is 0.368 e.